The third-order valence-corrected chi connectivity index (χ3v) is 5.55. The molecule has 28 heavy (non-hydrogen) atoms. The maximum atomic E-state index is 12.2. The van der Waals surface area contributed by atoms with Crippen molar-refractivity contribution in [2.45, 2.75) is 36.3 Å². The van der Waals surface area contributed by atoms with E-state index in [9.17, 15) is 14.4 Å². The second-order valence-electron chi connectivity index (χ2n) is 6.75. The van der Waals surface area contributed by atoms with Gasteiger partial charge in [0.2, 0.25) is 5.91 Å². The van der Waals surface area contributed by atoms with E-state index in [0.717, 1.165) is 16.1 Å². The number of anilines is 2. The van der Waals surface area contributed by atoms with Crippen LogP contribution in [0.25, 0.3) is 0 Å². The highest BCUT2D eigenvalue weighted by Crippen LogP contribution is 2.36. The van der Waals surface area contributed by atoms with Crippen LogP contribution in [0, 0.1) is 0 Å². The van der Waals surface area contributed by atoms with Crippen molar-refractivity contribution in [3.63, 3.8) is 0 Å². The Morgan fingerprint density at radius 3 is 2.64 bits per heavy atom. The van der Waals surface area contributed by atoms with E-state index < -0.39 is 17.1 Å². The summed E-state index contributed by atoms with van der Waals surface area (Å²) in [5.74, 6) is -0.980. The summed E-state index contributed by atoms with van der Waals surface area (Å²) in [7, 11) is 0. The van der Waals surface area contributed by atoms with E-state index in [1.807, 2.05) is 62.4 Å². The molecule has 0 bridgehead atoms. The van der Waals surface area contributed by atoms with E-state index in [-0.39, 0.29) is 24.9 Å². The third kappa shape index (κ3) is 4.92. The minimum Gasteiger partial charge on any atom is -0.456 e. The molecule has 0 saturated carbocycles. The van der Waals surface area contributed by atoms with E-state index in [0.29, 0.717) is 5.69 Å². The molecular formula is C21H22N2O4S. The summed E-state index contributed by atoms with van der Waals surface area (Å²) in [5, 5.41) is 4.98. The molecule has 2 amide bonds. The van der Waals surface area contributed by atoms with E-state index in [2.05, 4.69) is 10.6 Å². The summed E-state index contributed by atoms with van der Waals surface area (Å²) in [6.07, 6.45) is -0.0965. The van der Waals surface area contributed by atoms with Crippen molar-refractivity contribution in [2.24, 2.45) is 0 Å². The molecule has 0 unspecified atom stereocenters. The topological polar surface area (TPSA) is 84.5 Å². The van der Waals surface area contributed by atoms with Crippen LogP contribution in [-0.2, 0) is 19.1 Å². The number of rotatable bonds is 6. The molecule has 3 rings (SSSR count). The lowest BCUT2D eigenvalue weighted by molar-refractivity contribution is -0.147. The molecule has 6 nitrogen and oxygen atoms in total. The fraction of sp³-hybridized carbons (Fsp3) is 0.286. The number of carbonyl (C=O) groups excluding carboxylic acids is 3. The minimum absolute atomic E-state index is 0.0965. The first-order valence-electron chi connectivity index (χ1n) is 9.05. The molecule has 0 radical (unpaired) electrons. The summed E-state index contributed by atoms with van der Waals surface area (Å²) < 4.78 is 5.07. The first-order chi connectivity index (χ1) is 13.4. The van der Waals surface area contributed by atoms with Gasteiger partial charge >= 0.3 is 5.97 Å². The summed E-state index contributed by atoms with van der Waals surface area (Å²) >= 11 is 1.32. The molecule has 1 aliphatic rings. The number of thioether (sulfide) groups is 1. The number of amides is 2. The third-order valence-electron chi connectivity index (χ3n) is 4.28. The highest BCUT2D eigenvalue weighted by molar-refractivity contribution is 8.01. The Bertz CT molecular complexity index is 897. The van der Waals surface area contributed by atoms with Gasteiger partial charge in [-0.3, -0.25) is 14.4 Å². The molecular weight excluding hydrogens is 376 g/mol. The Hall–Kier alpha value is -2.80. The molecule has 1 aliphatic heterocycles. The van der Waals surface area contributed by atoms with Crippen molar-refractivity contribution in [3.05, 3.63) is 54.1 Å². The molecule has 0 aromatic heterocycles. The maximum Gasteiger partial charge on any atom is 0.307 e. The molecule has 0 aliphatic carbocycles. The molecule has 0 saturated heterocycles. The van der Waals surface area contributed by atoms with Gasteiger partial charge in [-0.2, -0.15) is 0 Å². The zero-order valence-electron chi connectivity index (χ0n) is 15.7. The van der Waals surface area contributed by atoms with Crippen LogP contribution in [0.2, 0.25) is 0 Å². The lowest BCUT2D eigenvalue weighted by atomic mass is 10.0. The van der Waals surface area contributed by atoms with Crippen molar-refractivity contribution in [1.82, 2.24) is 0 Å². The van der Waals surface area contributed by atoms with Gasteiger partial charge < -0.3 is 15.4 Å². The predicted molar refractivity (Wildman–Crippen MR) is 109 cm³/mol. The van der Waals surface area contributed by atoms with Crippen molar-refractivity contribution in [3.8, 4) is 0 Å². The summed E-state index contributed by atoms with van der Waals surface area (Å²) in [4.78, 5) is 37.3. The average molecular weight is 398 g/mol. The van der Waals surface area contributed by atoms with Gasteiger partial charge in [0.15, 0.2) is 6.61 Å². The van der Waals surface area contributed by atoms with Crippen LogP contribution >= 0.6 is 11.8 Å². The number of esters is 1. The Morgan fingerprint density at radius 1 is 1.14 bits per heavy atom. The van der Waals surface area contributed by atoms with Crippen LogP contribution in [-0.4, -0.2) is 29.6 Å². The SMILES string of the molecule is CC(C)c1ccccc1NC(=O)COC(=O)C[C@H]1Sc2ccccc2NC1=O. The molecule has 0 spiro atoms. The zero-order chi connectivity index (χ0) is 20.1. The largest absolute Gasteiger partial charge is 0.456 e. The zero-order valence-corrected chi connectivity index (χ0v) is 16.5. The standard InChI is InChI=1S/C21H22N2O4S/c1-13(2)14-7-3-4-8-15(14)22-19(24)12-27-20(25)11-18-21(26)23-16-9-5-6-10-17(16)28-18/h3-10,13,18H,11-12H2,1-2H3,(H,22,24)(H,23,26)/t18-/m1/s1. The van der Waals surface area contributed by atoms with Gasteiger partial charge in [0.05, 0.1) is 17.4 Å². The number of ether oxygens (including phenoxy) is 1. The minimum atomic E-state index is -0.584. The number of carbonyl (C=O) groups is 3. The number of hydrogen-bond donors (Lipinski definition) is 2. The first kappa shape index (κ1) is 19.9. The highest BCUT2D eigenvalue weighted by Gasteiger charge is 2.29. The van der Waals surface area contributed by atoms with Crippen LogP contribution in [0.15, 0.2) is 53.4 Å². The van der Waals surface area contributed by atoms with Gasteiger partial charge in [0.1, 0.15) is 0 Å². The Kier molecular flexibility index (Phi) is 6.36. The van der Waals surface area contributed by atoms with E-state index >= 15 is 0 Å². The highest BCUT2D eigenvalue weighted by atomic mass is 32.2. The number of nitrogens with one attached hydrogen (secondary N) is 2. The van der Waals surface area contributed by atoms with Crippen LogP contribution in [0.1, 0.15) is 31.7 Å². The van der Waals surface area contributed by atoms with E-state index in [1.54, 1.807) is 0 Å². The smallest absolute Gasteiger partial charge is 0.307 e. The average Bonchev–Trinajstić information content (AvgIpc) is 2.67. The number of fused-ring (bicyclic) bond motifs is 1. The molecule has 0 fully saturated rings. The van der Waals surface area contributed by atoms with Crippen LogP contribution in [0.3, 0.4) is 0 Å². The Morgan fingerprint density at radius 2 is 1.86 bits per heavy atom. The first-order valence-corrected chi connectivity index (χ1v) is 9.93. The molecule has 2 aromatic rings. The predicted octanol–water partition coefficient (Wildman–Crippen LogP) is 3.79. The molecule has 2 N–H and O–H groups in total. The Labute approximate surface area is 168 Å². The fourth-order valence-electron chi connectivity index (χ4n) is 2.88. The second-order valence-corrected chi connectivity index (χ2v) is 7.99. The number of hydrogen-bond acceptors (Lipinski definition) is 5. The molecule has 2 aromatic carbocycles. The lowest BCUT2D eigenvalue weighted by Gasteiger charge is -2.23. The molecule has 1 atom stereocenters. The van der Waals surface area contributed by atoms with Gasteiger partial charge in [0, 0.05) is 10.6 Å². The van der Waals surface area contributed by atoms with E-state index in [4.69, 9.17) is 4.74 Å². The molecule has 1 heterocycles. The van der Waals surface area contributed by atoms with Gasteiger partial charge in [-0.25, -0.2) is 0 Å². The van der Waals surface area contributed by atoms with Crippen LogP contribution < -0.4 is 10.6 Å². The van der Waals surface area contributed by atoms with Crippen molar-refractivity contribution >= 4 is 40.9 Å². The monoisotopic (exact) mass is 398 g/mol. The van der Waals surface area contributed by atoms with Crippen LogP contribution in [0.5, 0.6) is 0 Å². The van der Waals surface area contributed by atoms with Crippen molar-refractivity contribution < 1.29 is 19.1 Å². The number of benzene rings is 2. The Balaban J connectivity index is 1.51. The van der Waals surface area contributed by atoms with Crippen molar-refractivity contribution in [2.75, 3.05) is 17.2 Å². The van der Waals surface area contributed by atoms with E-state index in [1.165, 1.54) is 11.8 Å². The van der Waals surface area contributed by atoms with Crippen molar-refractivity contribution in [1.29, 1.82) is 0 Å². The molecule has 7 heteroatoms. The van der Waals surface area contributed by atoms with Gasteiger partial charge in [-0.15, -0.1) is 11.8 Å². The number of para-hydroxylation sites is 2. The summed E-state index contributed by atoms with van der Waals surface area (Å²) in [6.45, 7) is 3.69. The quantitative estimate of drug-likeness (QED) is 0.723. The summed E-state index contributed by atoms with van der Waals surface area (Å²) in [5.41, 5.74) is 2.46. The fourth-order valence-corrected chi connectivity index (χ4v) is 3.98. The van der Waals surface area contributed by atoms with Gasteiger partial charge in [0.25, 0.3) is 5.91 Å². The molecule has 146 valence electrons. The van der Waals surface area contributed by atoms with Gasteiger partial charge in [-0.05, 0) is 29.7 Å². The van der Waals surface area contributed by atoms with Crippen LogP contribution in [0.4, 0.5) is 11.4 Å². The van der Waals surface area contributed by atoms with Gasteiger partial charge in [-0.1, -0.05) is 44.2 Å². The second kappa shape index (κ2) is 8.93. The summed E-state index contributed by atoms with van der Waals surface area (Å²) in [6, 6.07) is 14.9. The normalized spacial score (nSPS) is 15.5. The lowest BCUT2D eigenvalue weighted by Crippen LogP contribution is -2.32. The maximum absolute atomic E-state index is 12.2.